The second-order valence-electron chi connectivity index (χ2n) is 8.88. The van der Waals surface area contributed by atoms with Gasteiger partial charge >= 0.3 is 11.8 Å². The Morgan fingerprint density at radius 2 is 1.86 bits per heavy atom. The van der Waals surface area contributed by atoms with E-state index in [0.29, 0.717) is 29.9 Å². The minimum atomic E-state index is -1.32. The zero-order valence-corrected chi connectivity index (χ0v) is 21.3. The summed E-state index contributed by atoms with van der Waals surface area (Å²) in [6.07, 6.45) is 4.35. The molecular weight excluding hydrogens is 469 g/mol. The summed E-state index contributed by atoms with van der Waals surface area (Å²) in [5, 5.41) is 25.7. The summed E-state index contributed by atoms with van der Waals surface area (Å²) in [4.78, 5) is 39.2. The molecule has 3 rings (SSSR count). The van der Waals surface area contributed by atoms with Gasteiger partial charge in [-0.3, -0.25) is 24.3 Å². The number of rotatable bonds is 4. The van der Waals surface area contributed by atoms with Gasteiger partial charge in [-0.25, -0.2) is 9.37 Å². The molecule has 1 aliphatic heterocycles. The van der Waals surface area contributed by atoms with E-state index in [0.717, 1.165) is 32.1 Å². The fourth-order valence-electron chi connectivity index (χ4n) is 3.67. The van der Waals surface area contributed by atoms with Gasteiger partial charge in [0.1, 0.15) is 17.3 Å². The standard InChI is InChI=1S/C20H26FN3O3.C5H10N2O2/c1-13-8-9-14(11-15(13)21)12-22-19(26)17-18(25)20(27)24-10-6-4-2-3-5-7-16(24)23-17;1-6-4(8)5(9)7(2)3/h8-9,11,19,22,25-26H,2-7,10,12H2,1H3;1-3H3,(H,6,8). The summed E-state index contributed by atoms with van der Waals surface area (Å²) in [5.41, 5.74) is 0.609. The zero-order chi connectivity index (χ0) is 26.8. The van der Waals surface area contributed by atoms with Crippen LogP contribution in [0.25, 0.3) is 0 Å². The molecule has 4 N–H and O–H groups in total. The Bertz CT molecular complexity index is 1120. The van der Waals surface area contributed by atoms with Crippen LogP contribution in [-0.2, 0) is 29.1 Å². The van der Waals surface area contributed by atoms with E-state index in [4.69, 9.17) is 0 Å². The first-order chi connectivity index (χ1) is 17.1. The Kier molecular flexibility index (Phi) is 11.0. The molecule has 1 aromatic carbocycles. The van der Waals surface area contributed by atoms with Crippen molar-refractivity contribution < 1.29 is 24.2 Å². The van der Waals surface area contributed by atoms with Crippen LogP contribution in [0.1, 0.15) is 61.0 Å². The van der Waals surface area contributed by atoms with Crippen molar-refractivity contribution in [1.82, 2.24) is 25.1 Å². The van der Waals surface area contributed by atoms with E-state index in [-0.39, 0.29) is 18.1 Å². The summed E-state index contributed by atoms with van der Waals surface area (Å²) < 4.78 is 15.2. The number of aromatic nitrogens is 2. The molecule has 10 nitrogen and oxygen atoms in total. The Balaban J connectivity index is 0.000000434. The summed E-state index contributed by atoms with van der Waals surface area (Å²) in [5.74, 6) is -1.37. The molecule has 2 heterocycles. The molecule has 0 fully saturated rings. The number of aliphatic hydroxyl groups is 1. The highest BCUT2D eigenvalue weighted by molar-refractivity contribution is 6.34. The predicted molar refractivity (Wildman–Crippen MR) is 133 cm³/mol. The molecule has 11 heteroatoms. The number of aryl methyl sites for hydroxylation is 2. The molecular formula is C25H36FN5O5. The maximum atomic E-state index is 13.7. The van der Waals surface area contributed by atoms with Crippen molar-refractivity contribution in [1.29, 1.82) is 0 Å². The first-order valence-corrected chi connectivity index (χ1v) is 12.0. The summed E-state index contributed by atoms with van der Waals surface area (Å²) >= 11 is 0. The maximum Gasteiger partial charge on any atom is 0.311 e. The summed E-state index contributed by atoms with van der Waals surface area (Å²) in [6.45, 7) is 2.38. The summed E-state index contributed by atoms with van der Waals surface area (Å²) in [7, 11) is 4.47. The lowest BCUT2D eigenvalue weighted by atomic mass is 10.1. The average molecular weight is 506 g/mol. The number of amides is 2. The SMILES string of the molecule is CNC(=O)C(=O)N(C)C.Cc1ccc(CNC(O)c2nc3n(c(=O)c2O)CCCCCCC3)cc1F. The molecule has 2 amide bonds. The van der Waals surface area contributed by atoms with Gasteiger partial charge in [-0.1, -0.05) is 31.4 Å². The normalized spacial score (nSPS) is 14.2. The quantitative estimate of drug-likeness (QED) is 0.365. The van der Waals surface area contributed by atoms with Crippen LogP contribution in [0, 0.1) is 12.7 Å². The van der Waals surface area contributed by atoms with Crippen molar-refractivity contribution in [2.75, 3.05) is 21.1 Å². The number of aliphatic hydroxyl groups excluding tert-OH is 1. The monoisotopic (exact) mass is 505 g/mol. The highest BCUT2D eigenvalue weighted by Crippen LogP contribution is 2.20. The van der Waals surface area contributed by atoms with Crippen molar-refractivity contribution in [3.05, 3.63) is 57.0 Å². The number of likely N-dealkylation sites (N-methyl/N-ethyl adjacent to an activating group) is 2. The van der Waals surface area contributed by atoms with Crippen LogP contribution in [0.15, 0.2) is 23.0 Å². The smallest absolute Gasteiger partial charge is 0.311 e. The van der Waals surface area contributed by atoms with E-state index < -0.39 is 29.4 Å². The molecule has 1 aliphatic rings. The second-order valence-corrected chi connectivity index (χ2v) is 8.88. The van der Waals surface area contributed by atoms with Crippen LogP contribution in [-0.4, -0.2) is 57.6 Å². The third-order valence-corrected chi connectivity index (χ3v) is 5.86. The van der Waals surface area contributed by atoms with E-state index in [1.54, 1.807) is 19.1 Å². The zero-order valence-electron chi connectivity index (χ0n) is 21.3. The Morgan fingerprint density at radius 3 is 2.47 bits per heavy atom. The van der Waals surface area contributed by atoms with E-state index >= 15 is 0 Å². The van der Waals surface area contributed by atoms with Crippen LogP contribution >= 0.6 is 0 Å². The van der Waals surface area contributed by atoms with E-state index in [9.17, 15) is 29.0 Å². The van der Waals surface area contributed by atoms with Gasteiger partial charge in [0.05, 0.1) is 0 Å². The van der Waals surface area contributed by atoms with Gasteiger partial charge < -0.3 is 20.4 Å². The number of aromatic hydroxyl groups is 1. The van der Waals surface area contributed by atoms with E-state index in [1.165, 1.54) is 36.7 Å². The lowest BCUT2D eigenvalue weighted by Crippen LogP contribution is -2.37. The van der Waals surface area contributed by atoms with Crippen LogP contribution in [0.3, 0.4) is 0 Å². The maximum absolute atomic E-state index is 13.7. The third kappa shape index (κ3) is 7.85. The number of benzene rings is 1. The molecule has 1 unspecified atom stereocenters. The number of nitrogens with one attached hydrogen (secondary N) is 2. The van der Waals surface area contributed by atoms with Crippen molar-refractivity contribution in [2.24, 2.45) is 0 Å². The Labute approximate surface area is 210 Å². The van der Waals surface area contributed by atoms with Gasteiger partial charge in [-0.2, -0.15) is 0 Å². The fourth-order valence-corrected chi connectivity index (χ4v) is 3.67. The Morgan fingerprint density at radius 1 is 1.19 bits per heavy atom. The Hall–Kier alpha value is -3.31. The van der Waals surface area contributed by atoms with Crippen LogP contribution in [0.4, 0.5) is 4.39 Å². The molecule has 0 saturated heterocycles. The largest absolute Gasteiger partial charge is 0.502 e. The number of carbonyl (C=O) groups is 2. The van der Waals surface area contributed by atoms with Crippen LogP contribution < -0.4 is 16.2 Å². The molecule has 36 heavy (non-hydrogen) atoms. The molecule has 0 bridgehead atoms. The number of nitrogens with zero attached hydrogens (tertiary/aromatic N) is 3. The molecule has 0 aliphatic carbocycles. The molecule has 0 spiro atoms. The van der Waals surface area contributed by atoms with Crippen molar-refractivity contribution >= 4 is 11.8 Å². The predicted octanol–water partition coefficient (Wildman–Crippen LogP) is 1.50. The fraction of sp³-hybridized carbons (Fsp3) is 0.520. The van der Waals surface area contributed by atoms with Crippen molar-refractivity contribution in [3.8, 4) is 5.75 Å². The first-order valence-electron chi connectivity index (χ1n) is 12.0. The average Bonchev–Trinajstić information content (AvgIpc) is 2.98. The van der Waals surface area contributed by atoms with Crippen molar-refractivity contribution in [2.45, 2.75) is 64.8 Å². The lowest BCUT2D eigenvalue weighted by Gasteiger charge is -2.18. The highest BCUT2D eigenvalue weighted by atomic mass is 19.1. The summed E-state index contributed by atoms with van der Waals surface area (Å²) in [6, 6.07) is 4.81. The molecule has 0 radical (unpaired) electrons. The van der Waals surface area contributed by atoms with Gasteiger partial charge in [-0.05, 0) is 37.0 Å². The lowest BCUT2D eigenvalue weighted by molar-refractivity contribution is -0.143. The van der Waals surface area contributed by atoms with Gasteiger partial charge in [-0.15, -0.1) is 0 Å². The number of hydrogen-bond acceptors (Lipinski definition) is 7. The molecule has 1 atom stereocenters. The first kappa shape index (κ1) is 28.9. The van der Waals surface area contributed by atoms with Gasteiger partial charge in [0.25, 0.3) is 5.56 Å². The van der Waals surface area contributed by atoms with Gasteiger partial charge in [0.2, 0.25) is 5.75 Å². The van der Waals surface area contributed by atoms with Crippen molar-refractivity contribution in [3.63, 3.8) is 0 Å². The van der Waals surface area contributed by atoms with E-state index in [2.05, 4.69) is 15.6 Å². The molecule has 198 valence electrons. The second kappa shape index (κ2) is 13.7. The number of carbonyl (C=O) groups excluding carboxylic acids is 2. The minimum absolute atomic E-state index is 0.0712. The highest BCUT2D eigenvalue weighted by Gasteiger charge is 2.21. The third-order valence-electron chi connectivity index (χ3n) is 5.86. The van der Waals surface area contributed by atoms with E-state index in [1.807, 2.05) is 0 Å². The molecule has 2 aromatic rings. The van der Waals surface area contributed by atoms with Crippen LogP contribution in [0.5, 0.6) is 5.75 Å². The molecule has 0 saturated carbocycles. The number of hydrogen-bond donors (Lipinski definition) is 4. The molecule has 1 aromatic heterocycles. The minimum Gasteiger partial charge on any atom is -0.502 e. The number of fused-ring (bicyclic) bond motifs is 1. The number of halogens is 1. The topological polar surface area (TPSA) is 137 Å². The van der Waals surface area contributed by atoms with Gasteiger partial charge in [0.15, 0.2) is 6.23 Å². The van der Waals surface area contributed by atoms with Crippen LogP contribution in [0.2, 0.25) is 0 Å². The van der Waals surface area contributed by atoms with Gasteiger partial charge in [0, 0.05) is 40.7 Å².